The number of ether oxygens (including phenoxy) is 1. The largest absolute Gasteiger partial charge is 0.497 e. The zero-order valence-electron chi connectivity index (χ0n) is 14.2. The van der Waals surface area contributed by atoms with Gasteiger partial charge < -0.3 is 19.3 Å². The van der Waals surface area contributed by atoms with Crippen molar-refractivity contribution in [1.29, 1.82) is 0 Å². The number of rotatable bonds is 5. The standard InChI is InChI=1S/C20H18BrN3OS/c1-25-17-8-6-15(7-9-17)22-14-2-4-16(5-3-14)23-19-12-24(21)13-20-18(19)10-11-26-20/h2-12,22-23H,13H2,1H3. The maximum absolute atomic E-state index is 5.19. The van der Waals surface area contributed by atoms with Crippen molar-refractivity contribution in [2.45, 2.75) is 6.54 Å². The van der Waals surface area contributed by atoms with Crippen LogP contribution in [-0.4, -0.2) is 11.0 Å². The highest BCUT2D eigenvalue weighted by atomic mass is 79.9. The van der Waals surface area contributed by atoms with Crippen molar-refractivity contribution in [2.24, 2.45) is 0 Å². The summed E-state index contributed by atoms with van der Waals surface area (Å²) < 4.78 is 7.21. The van der Waals surface area contributed by atoms with Crippen molar-refractivity contribution in [2.75, 3.05) is 17.7 Å². The molecule has 0 aliphatic carbocycles. The van der Waals surface area contributed by atoms with E-state index < -0.39 is 0 Å². The SMILES string of the molecule is COc1ccc(Nc2ccc(NC3=CN(Br)Cc4sccc43)cc2)cc1. The summed E-state index contributed by atoms with van der Waals surface area (Å²) in [6.07, 6.45) is 2.08. The Labute approximate surface area is 165 Å². The molecule has 3 aromatic rings. The molecule has 2 aromatic carbocycles. The summed E-state index contributed by atoms with van der Waals surface area (Å²) in [5.74, 6) is 0.851. The number of halogens is 1. The molecule has 2 N–H and O–H groups in total. The minimum atomic E-state index is 0.851. The molecule has 1 aromatic heterocycles. The van der Waals surface area contributed by atoms with E-state index in [1.165, 1.54) is 10.4 Å². The van der Waals surface area contributed by atoms with Gasteiger partial charge in [-0.05, 0) is 60.0 Å². The molecule has 0 amide bonds. The van der Waals surface area contributed by atoms with Crippen LogP contribution < -0.4 is 15.4 Å². The molecule has 6 heteroatoms. The zero-order valence-corrected chi connectivity index (χ0v) is 16.6. The van der Waals surface area contributed by atoms with Crippen LogP contribution in [0.1, 0.15) is 10.4 Å². The second kappa shape index (κ2) is 7.43. The van der Waals surface area contributed by atoms with Crippen molar-refractivity contribution < 1.29 is 4.74 Å². The quantitative estimate of drug-likeness (QED) is 0.486. The lowest BCUT2D eigenvalue weighted by Crippen LogP contribution is -2.13. The van der Waals surface area contributed by atoms with Gasteiger partial charge in [0.15, 0.2) is 0 Å². The van der Waals surface area contributed by atoms with Crippen LogP contribution >= 0.6 is 27.5 Å². The molecule has 1 aliphatic rings. The van der Waals surface area contributed by atoms with Crippen LogP contribution in [0.2, 0.25) is 0 Å². The highest BCUT2D eigenvalue weighted by Gasteiger charge is 2.17. The number of benzene rings is 2. The Kier molecular flexibility index (Phi) is 4.86. The molecule has 4 nitrogen and oxygen atoms in total. The molecule has 0 radical (unpaired) electrons. The monoisotopic (exact) mass is 427 g/mol. The van der Waals surface area contributed by atoms with Gasteiger partial charge in [-0.3, -0.25) is 0 Å². The van der Waals surface area contributed by atoms with Crippen molar-refractivity contribution in [3.8, 4) is 5.75 Å². The maximum Gasteiger partial charge on any atom is 0.119 e. The van der Waals surface area contributed by atoms with Crippen LogP contribution in [0, 0.1) is 0 Å². The Balaban J connectivity index is 1.46. The molecule has 1 aliphatic heterocycles. The third-order valence-corrected chi connectivity index (χ3v) is 5.50. The van der Waals surface area contributed by atoms with Crippen LogP contribution in [-0.2, 0) is 6.54 Å². The summed E-state index contributed by atoms with van der Waals surface area (Å²) in [6, 6.07) is 18.3. The summed E-state index contributed by atoms with van der Waals surface area (Å²) in [5.41, 5.74) is 5.49. The zero-order chi connectivity index (χ0) is 17.9. The molecule has 2 heterocycles. The van der Waals surface area contributed by atoms with Crippen molar-refractivity contribution in [3.63, 3.8) is 0 Å². The number of fused-ring (bicyclic) bond motifs is 1. The van der Waals surface area contributed by atoms with Gasteiger partial charge in [0.05, 0.1) is 19.4 Å². The predicted molar refractivity (Wildman–Crippen MR) is 113 cm³/mol. The summed E-state index contributed by atoms with van der Waals surface area (Å²) in [6.45, 7) is 0.892. The van der Waals surface area contributed by atoms with Crippen LogP contribution in [0.4, 0.5) is 17.1 Å². The maximum atomic E-state index is 5.19. The third kappa shape index (κ3) is 3.71. The van der Waals surface area contributed by atoms with Gasteiger partial charge in [0.2, 0.25) is 0 Å². The van der Waals surface area contributed by atoms with E-state index >= 15 is 0 Å². The summed E-state index contributed by atoms with van der Waals surface area (Å²) in [5, 5.41) is 9.04. The van der Waals surface area contributed by atoms with E-state index in [0.717, 1.165) is 35.1 Å². The van der Waals surface area contributed by atoms with E-state index in [-0.39, 0.29) is 0 Å². The predicted octanol–water partition coefficient (Wildman–Crippen LogP) is 6.04. The number of methoxy groups -OCH3 is 1. The van der Waals surface area contributed by atoms with Crippen LogP contribution in [0.15, 0.2) is 66.2 Å². The van der Waals surface area contributed by atoms with E-state index in [9.17, 15) is 0 Å². The molecule has 0 spiro atoms. The average molecular weight is 428 g/mol. The fourth-order valence-electron chi connectivity index (χ4n) is 2.83. The Morgan fingerprint density at radius 3 is 2.19 bits per heavy atom. The lowest BCUT2D eigenvalue weighted by atomic mass is 10.1. The first-order valence-corrected chi connectivity index (χ1v) is 9.79. The van der Waals surface area contributed by atoms with Gasteiger partial charge in [-0.2, -0.15) is 0 Å². The third-order valence-electron chi connectivity index (χ3n) is 4.14. The summed E-state index contributed by atoms with van der Waals surface area (Å²) >= 11 is 5.34. The van der Waals surface area contributed by atoms with Gasteiger partial charge in [0, 0.05) is 49.8 Å². The highest BCUT2D eigenvalue weighted by molar-refractivity contribution is 9.07. The molecule has 26 heavy (non-hydrogen) atoms. The first-order chi connectivity index (χ1) is 12.7. The molecule has 0 fully saturated rings. The van der Waals surface area contributed by atoms with Gasteiger partial charge in [-0.15, -0.1) is 11.3 Å². The molecular weight excluding hydrogens is 410 g/mol. The number of nitrogens with one attached hydrogen (secondary N) is 2. The first-order valence-electron chi connectivity index (χ1n) is 8.20. The van der Waals surface area contributed by atoms with Crippen molar-refractivity contribution in [3.05, 3.63) is 76.6 Å². The number of hydrogen-bond acceptors (Lipinski definition) is 5. The molecule has 132 valence electrons. The Hall–Kier alpha value is -2.44. The summed E-state index contributed by atoms with van der Waals surface area (Å²) in [4.78, 5) is 1.35. The smallest absolute Gasteiger partial charge is 0.119 e. The number of anilines is 3. The normalized spacial score (nSPS) is 13.0. The molecular formula is C20H18BrN3OS. The Bertz CT molecular complexity index is 919. The molecule has 0 bridgehead atoms. The number of hydrogen-bond donors (Lipinski definition) is 2. The van der Waals surface area contributed by atoms with Crippen LogP contribution in [0.3, 0.4) is 0 Å². The second-order valence-electron chi connectivity index (χ2n) is 5.91. The minimum absolute atomic E-state index is 0.851. The minimum Gasteiger partial charge on any atom is -0.497 e. The van der Waals surface area contributed by atoms with E-state index in [1.807, 2.05) is 28.2 Å². The molecule has 0 unspecified atom stereocenters. The fraction of sp³-hybridized carbons (Fsp3) is 0.100. The van der Waals surface area contributed by atoms with Gasteiger partial charge >= 0.3 is 0 Å². The van der Waals surface area contributed by atoms with Crippen LogP contribution in [0.25, 0.3) is 5.70 Å². The molecule has 0 saturated heterocycles. The van der Waals surface area contributed by atoms with Gasteiger partial charge in [0.25, 0.3) is 0 Å². The molecule has 4 rings (SSSR count). The lowest BCUT2D eigenvalue weighted by molar-refractivity contribution is 0.415. The highest BCUT2D eigenvalue weighted by Crippen LogP contribution is 2.33. The average Bonchev–Trinajstić information content (AvgIpc) is 3.12. The fourth-order valence-corrected chi connectivity index (χ4v) is 4.34. The molecule has 0 atom stereocenters. The second-order valence-corrected chi connectivity index (χ2v) is 7.83. The lowest BCUT2D eigenvalue weighted by Gasteiger charge is -2.22. The van der Waals surface area contributed by atoms with Gasteiger partial charge in [-0.25, -0.2) is 0 Å². The first kappa shape index (κ1) is 17.0. The van der Waals surface area contributed by atoms with Crippen molar-refractivity contribution >= 4 is 50.2 Å². The van der Waals surface area contributed by atoms with E-state index in [0.29, 0.717) is 0 Å². The van der Waals surface area contributed by atoms with Crippen molar-refractivity contribution in [1.82, 2.24) is 3.93 Å². The Morgan fingerprint density at radius 1 is 0.923 bits per heavy atom. The summed E-state index contributed by atoms with van der Waals surface area (Å²) in [7, 11) is 1.67. The number of nitrogens with zero attached hydrogens (tertiary/aromatic N) is 1. The van der Waals surface area contributed by atoms with Gasteiger partial charge in [-0.1, -0.05) is 0 Å². The van der Waals surface area contributed by atoms with E-state index in [1.54, 1.807) is 18.4 Å². The van der Waals surface area contributed by atoms with Gasteiger partial charge in [0.1, 0.15) is 5.75 Å². The van der Waals surface area contributed by atoms with E-state index in [4.69, 9.17) is 4.74 Å². The van der Waals surface area contributed by atoms with E-state index in [2.05, 4.69) is 68.7 Å². The number of thiophene rings is 1. The van der Waals surface area contributed by atoms with Crippen LogP contribution in [0.5, 0.6) is 5.75 Å². The molecule has 0 saturated carbocycles. The topological polar surface area (TPSA) is 36.5 Å². The Morgan fingerprint density at radius 2 is 1.54 bits per heavy atom.